The Bertz CT molecular complexity index is 341. The van der Waals surface area contributed by atoms with E-state index in [0.29, 0.717) is 0 Å². The van der Waals surface area contributed by atoms with Crippen LogP contribution in [0.2, 0.25) is 0 Å². The highest BCUT2D eigenvalue weighted by Crippen LogP contribution is 2.27. The second kappa shape index (κ2) is 4.33. The molecule has 1 saturated heterocycles. The quantitative estimate of drug-likeness (QED) is 0.844. The van der Waals surface area contributed by atoms with Crippen molar-refractivity contribution < 1.29 is 17.9 Å². The van der Waals surface area contributed by atoms with Gasteiger partial charge < -0.3 is 10.1 Å². The van der Waals surface area contributed by atoms with E-state index in [1.54, 1.807) is 12.1 Å². The third kappa shape index (κ3) is 2.88. The maximum atomic E-state index is 11.9. The largest absolute Gasteiger partial charge is 0.573 e. The van der Waals surface area contributed by atoms with Gasteiger partial charge in [0, 0.05) is 6.04 Å². The smallest absolute Gasteiger partial charge is 0.406 e. The second-order valence-corrected chi connectivity index (χ2v) is 3.77. The Labute approximate surface area is 91.4 Å². The topological polar surface area (TPSA) is 21.3 Å². The van der Waals surface area contributed by atoms with Crippen molar-refractivity contribution in [1.82, 2.24) is 5.32 Å². The van der Waals surface area contributed by atoms with Crippen LogP contribution in [-0.2, 0) is 0 Å². The van der Waals surface area contributed by atoms with Crippen molar-refractivity contribution in [2.75, 3.05) is 6.54 Å². The van der Waals surface area contributed by atoms with Crippen LogP contribution in [0, 0.1) is 0 Å². The lowest BCUT2D eigenvalue weighted by Gasteiger charge is -2.12. The summed E-state index contributed by atoms with van der Waals surface area (Å²) in [6.45, 7) is 0.964. The highest BCUT2D eigenvalue weighted by molar-refractivity contribution is 5.29. The Balaban J connectivity index is 2.04. The van der Waals surface area contributed by atoms with Crippen molar-refractivity contribution in [3.05, 3.63) is 29.8 Å². The molecule has 1 N–H and O–H groups in total. The van der Waals surface area contributed by atoms with Gasteiger partial charge in [-0.25, -0.2) is 0 Å². The normalized spacial score (nSPS) is 21.1. The number of hydrogen-bond acceptors (Lipinski definition) is 2. The molecule has 0 spiro atoms. The van der Waals surface area contributed by atoms with Gasteiger partial charge in [0.1, 0.15) is 5.75 Å². The van der Waals surface area contributed by atoms with Crippen molar-refractivity contribution in [1.29, 1.82) is 0 Å². The van der Waals surface area contributed by atoms with Crippen LogP contribution in [-0.4, -0.2) is 12.9 Å². The van der Waals surface area contributed by atoms with Crippen molar-refractivity contribution in [2.24, 2.45) is 0 Å². The third-order valence-electron chi connectivity index (χ3n) is 2.58. The number of alkyl halides is 3. The predicted octanol–water partition coefficient (Wildman–Crippen LogP) is 3.01. The monoisotopic (exact) mass is 231 g/mol. The average molecular weight is 231 g/mol. The standard InChI is InChI=1S/C11H12F3NO/c12-11(13,14)16-9-5-3-8(4-6-9)10-2-1-7-15-10/h3-6,10,15H,1-2,7H2/t10-/m1/s1. The van der Waals surface area contributed by atoms with Gasteiger partial charge in [-0.15, -0.1) is 13.2 Å². The van der Waals surface area contributed by atoms with Crippen LogP contribution in [0.4, 0.5) is 13.2 Å². The highest BCUT2D eigenvalue weighted by atomic mass is 19.4. The zero-order valence-corrected chi connectivity index (χ0v) is 8.55. The molecule has 0 aromatic heterocycles. The summed E-state index contributed by atoms with van der Waals surface area (Å²) < 4.78 is 39.5. The molecule has 1 aromatic rings. The van der Waals surface area contributed by atoms with Crippen LogP contribution < -0.4 is 10.1 Å². The van der Waals surface area contributed by atoms with Crippen LogP contribution in [0.15, 0.2) is 24.3 Å². The highest BCUT2D eigenvalue weighted by Gasteiger charge is 2.31. The summed E-state index contributed by atoms with van der Waals surface area (Å²) in [7, 11) is 0. The van der Waals surface area contributed by atoms with Crippen molar-refractivity contribution in [3.63, 3.8) is 0 Å². The van der Waals surface area contributed by atoms with E-state index in [4.69, 9.17) is 0 Å². The molecule has 1 aromatic carbocycles. The summed E-state index contributed by atoms with van der Waals surface area (Å²) >= 11 is 0. The lowest BCUT2D eigenvalue weighted by molar-refractivity contribution is -0.274. The molecule has 88 valence electrons. The Kier molecular flexibility index (Phi) is 3.05. The first-order valence-corrected chi connectivity index (χ1v) is 5.14. The summed E-state index contributed by atoms with van der Waals surface area (Å²) in [5, 5.41) is 3.28. The molecule has 1 heterocycles. The Morgan fingerprint density at radius 3 is 2.38 bits per heavy atom. The minimum Gasteiger partial charge on any atom is -0.406 e. The number of halogens is 3. The van der Waals surface area contributed by atoms with E-state index in [1.807, 2.05) is 0 Å². The SMILES string of the molecule is FC(F)(F)Oc1ccc([C@H]2CCCN2)cc1. The Morgan fingerprint density at radius 1 is 1.19 bits per heavy atom. The van der Waals surface area contributed by atoms with Gasteiger partial charge in [0.15, 0.2) is 0 Å². The molecule has 16 heavy (non-hydrogen) atoms. The van der Waals surface area contributed by atoms with E-state index in [-0.39, 0.29) is 11.8 Å². The van der Waals surface area contributed by atoms with Gasteiger partial charge in [-0.05, 0) is 37.1 Å². The molecule has 1 aliphatic heterocycles. The van der Waals surface area contributed by atoms with Crippen LogP contribution in [0.5, 0.6) is 5.75 Å². The van der Waals surface area contributed by atoms with Crippen molar-refractivity contribution in [2.45, 2.75) is 25.2 Å². The lowest BCUT2D eigenvalue weighted by Crippen LogP contribution is -2.17. The van der Waals surface area contributed by atoms with E-state index >= 15 is 0 Å². The van der Waals surface area contributed by atoms with Crippen molar-refractivity contribution >= 4 is 0 Å². The summed E-state index contributed by atoms with van der Waals surface area (Å²) in [6, 6.07) is 6.31. The average Bonchev–Trinajstić information content (AvgIpc) is 2.69. The molecule has 5 heteroatoms. The van der Waals surface area contributed by atoms with Gasteiger partial charge >= 0.3 is 6.36 Å². The molecule has 0 unspecified atom stereocenters. The molecule has 0 saturated carbocycles. The van der Waals surface area contributed by atoms with Crippen LogP contribution in [0.1, 0.15) is 24.4 Å². The molecule has 1 fully saturated rings. The van der Waals surface area contributed by atoms with Crippen molar-refractivity contribution in [3.8, 4) is 5.75 Å². The van der Waals surface area contributed by atoms with Gasteiger partial charge in [-0.3, -0.25) is 0 Å². The number of benzene rings is 1. The second-order valence-electron chi connectivity index (χ2n) is 3.77. The molecule has 2 nitrogen and oxygen atoms in total. The summed E-state index contributed by atoms with van der Waals surface area (Å²) in [5.74, 6) is -0.172. The van der Waals surface area contributed by atoms with Gasteiger partial charge in [0.2, 0.25) is 0 Å². The van der Waals surface area contributed by atoms with Gasteiger partial charge in [0.25, 0.3) is 0 Å². The minimum absolute atomic E-state index is 0.172. The lowest BCUT2D eigenvalue weighted by atomic mass is 10.1. The zero-order valence-electron chi connectivity index (χ0n) is 8.55. The third-order valence-corrected chi connectivity index (χ3v) is 2.58. The Morgan fingerprint density at radius 2 is 1.88 bits per heavy atom. The van der Waals surface area contributed by atoms with Crippen LogP contribution >= 0.6 is 0 Å². The predicted molar refractivity (Wildman–Crippen MR) is 53.1 cm³/mol. The molecule has 0 bridgehead atoms. The van der Waals surface area contributed by atoms with E-state index in [9.17, 15) is 13.2 Å². The molecule has 2 rings (SSSR count). The molecule has 1 atom stereocenters. The minimum atomic E-state index is -4.62. The number of rotatable bonds is 2. The fourth-order valence-electron chi connectivity index (χ4n) is 1.87. The molecular formula is C11H12F3NO. The summed E-state index contributed by atoms with van der Waals surface area (Å²) in [4.78, 5) is 0. The number of hydrogen-bond donors (Lipinski definition) is 1. The summed E-state index contributed by atoms with van der Waals surface area (Å²) in [6.07, 6.45) is -2.49. The first-order chi connectivity index (χ1) is 7.54. The number of nitrogens with one attached hydrogen (secondary N) is 1. The van der Waals surface area contributed by atoms with E-state index < -0.39 is 6.36 Å². The first kappa shape index (κ1) is 11.3. The van der Waals surface area contributed by atoms with E-state index in [2.05, 4.69) is 10.1 Å². The van der Waals surface area contributed by atoms with Gasteiger partial charge in [0.05, 0.1) is 0 Å². The number of ether oxygens (including phenoxy) is 1. The molecular weight excluding hydrogens is 219 g/mol. The molecule has 0 radical (unpaired) electrons. The summed E-state index contributed by atoms with van der Waals surface area (Å²) in [5.41, 5.74) is 1.01. The van der Waals surface area contributed by atoms with E-state index in [0.717, 1.165) is 24.9 Å². The fourth-order valence-corrected chi connectivity index (χ4v) is 1.87. The van der Waals surface area contributed by atoms with Crippen LogP contribution in [0.25, 0.3) is 0 Å². The maximum absolute atomic E-state index is 11.9. The Hall–Kier alpha value is -1.23. The molecule has 0 amide bonds. The molecule has 1 aliphatic rings. The van der Waals surface area contributed by atoms with E-state index in [1.165, 1.54) is 12.1 Å². The molecule has 0 aliphatic carbocycles. The first-order valence-electron chi connectivity index (χ1n) is 5.14. The fraction of sp³-hybridized carbons (Fsp3) is 0.455. The zero-order chi connectivity index (χ0) is 11.6. The van der Waals surface area contributed by atoms with Crippen LogP contribution in [0.3, 0.4) is 0 Å². The maximum Gasteiger partial charge on any atom is 0.573 e. The van der Waals surface area contributed by atoms with Gasteiger partial charge in [-0.1, -0.05) is 12.1 Å². The van der Waals surface area contributed by atoms with Gasteiger partial charge in [-0.2, -0.15) is 0 Å².